The van der Waals surface area contributed by atoms with E-state index in [1.807, 2.05) is 54.5 Å². The zero-order chi connectivity index (χ0) is 20.1. The summed E-state index contributed by atoms with van der Waals surface area (Å²) in [6.07, 6.45) is 10.9. The van der Waals surface area contributed by atoms with E-state index in [0.29, 0.717) is 0 Å². The van der Waals surface area contributed by atoms with Gasteiger partial charge in [-0.2, -0.15) is 5.10 Å². The SMILES string of the molecule is Cc1cn(-c2ccnc3[nH]c(-c4n[nH]c5cnc(-c6ccncc6)cc45)cc23)cn1. The minimum atomic E-state index is 0.799. The summed E-state index contributed by atoms with van der Waals surface area (Å²) in [5, 5.41) is 9.62. The first-order valence-corrected chi connectivity index (χ1v) is 9.50. The summed E-state index contributed by atoms with van der Waals surface area (Å²) in [6, 6.07) is 9.99. The van der Waals surface area contributed by atoms with Gasteiger partial charge in [0.25, 0.3) is 0 Å². The molecule has 8 nitrogen and oxygen atoms in total. The van der Waals surface area contributed by atoms with Crippen LogP contribution in [0.15, 0.2) is 67.6 Å². The molecule has 0 unspecified atom stereocenters. The summed E-state index contributed by atoms with van der Waals surface area (Å²) in [7, 11) is 0. The third kappa shape index (κ3) is 2.58. The lowest BCUT2D eigenvalue weighted by Crippen LogP contribution is -1.91. The number of nitrogens with one attached hydrogen (secondary N) is 2. The van der Waals surface area contributed by atoms with Crippen molar-refractivity contribution in [3.8, 4) is 28.3 Å². The van der Waals surface area contributed by atoms with Crippen LogP contribution in [0, 0.1) is 6.92 Å². The molecule has 6 heterocycles. The Bertz CT molecular complexity index is 1510. The van der Waals surface area contributed by atoms with Gasteiger partial charge in [-0.15, -0.1) is 0 Å². The lowest BCUT2D eigenvalue weighted by Gasteiger charge is -2.02. The van der Waals surface area contributed by atoms with Gasteiger partial charge < -0.3 is 9.55 Å². The molecule has 0 aliphatic carbocycles. The fraction of sp³-hybridized carbons (Fsp3) is 0.0455. The molecular weight excluding hydrogens is 376 g/mol. The van der Waals surface area contributed by atoms with Gasteiger partial charge in [-0.1, -0.05) is 0 Å². The molecule has 6 aromatic rings. The van der Waals surface area contributed by atoms with E-state index in [9.17, 15) is 0 Å². The van der Waals surface area contributed by atoms with Crippen LogP contribution in [0.3, 0.4) is 0 Å². The molecule has 0 atom stereocenters. The van der Waals surface area contributed by atoms with Crippen LogP contribution in [-0.2, 0) is 0 Å². The first-order valence-electron chi connectivity index (χ1n) is 9.50. The summed E-state index contributed by atoms with van der Waals surface area (Å²) in [6.45, 7) is 1.97. The van der Waals surface area contributed by atoms with Crippen molar-refractivity contribution in [2.45, 2.75) is 6.92 Å². The Balaban J connectivity index is 1.52. The Morgan fingerprint density at radius 1 is 0.933 bits per heavy atom. The van der Waals surface area contributed by atoms with Crippen molar-refractivity contribution in [2.24, 2.45) is 0 Å². The van der Waals surface area contributed by atoms with Gasteiger partial charge in [-0.25, -0.2) is 9.97 Å². The van der Waals surface area contributed by atoms with Crippen molar-refractivity contribution in [1.29, 1.82) is 0 Å². The third-order valence-electron chi connectivity index (χ3n) is 5.18. The minimum Gasteiger partial charge on any atom is -0.338 e. The van der Waals surface area contributed by atoms with Crippen molar-refractivity contribution >= 4 is 21.9 Å². The Morgan fingerprint density at radius 2 is 1.83 bits per heavy atom. The maximum Gasteiger partial charge on any atom is 0.139 e. The fourth-order valence-electron chi connectivity index (χ4n) is 3.72. The van der Waals surface area contributed by atoms with E-state index in [4.69, 9.17) is 0 Å². The van der Waals surface area contributed by atoms with Crippen LogP contribution < -0.4 is 0 Å². The van der Waals surface area contributed by atoms with Gasteiger partial charge in [0.05, 0.1) is 40.8 Å². The van der Waals surface area contributed by atoms with Crippen LogP contribution in [0.25, 0.3) is 50.3 Å². The highest BCUT2D eigenvalue weighted by atomic mass is 15.1. The second-order valence-electron chi connectivity index (χ2n) is 7.12. The summed E-state index contributed by atoms with van der Waals surface area (Å²) in [5.41, 5.74) is 7.25. The molecule has 6 aromatic heterocycles. The monoisotopic (exact) mass is 392 g/mol. The highest BCUT2D eigenvalue weighted by molar-refractivity contribution is 5.97. The number of rotatable bonds is 3. The summed E-state index contributed by atoms with van der Waals surface area (Å²) in [4.78, 5) is 20.9. The number of nitrogens with zero attached hydrogens (tertiary/aromatic N) is 6. The maximum atomic E-state index is 4.55. The molecule has 0 saturated carbocycles. The van der Waals surface area contributed by atoms with Gasteiger partial charge in [0.1, 0.15) is 11.3 Å². The van der Waals surface area contributed by atoms with Gasteiger partial charge in [0.2, 0.25) is 0 Å². The van der Waals surface area contributed by atoms with E-state index in [1.54, 1.807) is 18.6 Å². The van der Waals surface area contributed by atoms with E-state index in [2.05, 4.69) is 41.2 Å². The maximum absolute atomic E-state index is 4.55. The molecule has 8 heteroatoms. The molecule has 0 radical (unpaired) electrons. The fourth-order valence-corrected chi connectivity index (χ4v) is 3.72. The summed E-state index contributed by atoms with van der Waals surface area (Å²) < 4.78 is 2.01. The zero-order valence-corrected chi connectivity index (χ0v) is 16.0. The summed E-state index contributed by atoms with van der Waals surface area (Å²) in [5.74, 6) is 0. The predicted octanol–water partition coefficient (Wildman–Crippen LogP) is 4.06. The number of hydrogen-bond acceptors (Lipinski definition) is 5. The molecule has 30 heavy (non-hydrogen) atoms. The van der Waals surface area contributed by atoms with Crippen molar-refractivity contribution in [1.82, 2.24) is 39.7 Å². The summed E-state index contributed by atoms with van der Waals surface area (Å²) >= 11 is 0. The number of fused-ring (bicyclic) bond motifs is 2. The molecular formula is C22H16N8. The second-order valence-corrected chi connectivity index (χ2v) is 7.12. The molecule has 0 saturated heterocycles. The van der Waals surface area contributed by atoms with E-state index in [-0.39, 0.29) is 0 Å². The van der Waals surface area contributed by atoms with Crippen LogP contribution in [0.1, 0.15) is 5.69 Å². The zero-order valence-electron chi connectivity index (χ0n) is 16.0. The van der Waals surface area contributed by atoms with Crippen molar-refractivity contribution in [3.63, 3.8) is 0 Å². The Morgan fingerprint density at radius 3 is 2.67 bits per heavy atom. The molecule has 0 aromatic carbocycles. The van der Waals surface area contributed by atoms with Gasteiger partial charge >= 0.3 is 0 Å². The van der Waals surface area contributed by atoms with E-state index in [0.717, 1.165) is 56.0 Å². The van der Waals surface area contributed by atoms with Gasteiger partial charge in [-0.3, -0.25) is 15.1 Å². The molecule has 2 N–H and O–H groups in total. The number of hydrogen-bond donors (Lipinski definition) is 2. The largest absolute Gasteiger partial charge is 0.338 e. The minimum absolute atomic E-state index is 0.799. The molecule has 0 aliphatic rings. The predicted molar refractivity (Wildman–Crippen MR) is 114 cm³/mol. The van der Waals surface area contributed by atoms with Crippen LogP contribution in [0.5, 0.6) is 0 Å². The Hall–Kier alpha value is -4.33. The van der Waals surface area contributed by atoms with Crippen LogP contribution in [-0.4, -0.2) is 39.7 Å². The van der Waals surface area contributed by atoms with E-state index < -0.39 is 0 Å². The lowest BCUT2D eigenvalue weighted by molar-refractivity contribution is 1.06. The first kappa shape index (κ1) is 16.6. The number of imidazole rings is 1. The van der Waals surface area contributed by atoms with Gasteiger partial charge in [0.15, 0.2) is 0 Å². The van der Waals surface area contributed by atoms with E-state index in [1.165, 1.54) is 0 Å². The Labute approximate surface area is 170 Å². The van der Waals surface area contributed by atoms with Crippen molar-refractivity contribution < 1.29 is 0 Å². The van der Waals surface area contributed by atoms with Crippen LogP contribution in [0.2, 0.25) is 0 Å². The van der Waals surface area contributed by atoms with Crippen LogP contribution >= 0.6 is 0 Å². The standard InChI is InChI=1S/C22H16N8/c1-13-11-30(12-26-13)20-4-7-24-22-16(20)9-18(27-22)21-15-8-17(14-2-5-23-6-3-14)25-10-19(15)28-29-21/h2-12H,1H3,(H,24,27)(H,28,29). The Kier molecular flexibility index (Phi) is 3.51. The molecule has 0 bridgehead atoms. The number of H-pyrrole nitrogens is 2. The van der Waals surface area contributed by atoms with Crippen molar-refractivity contribution in [3.05, 3.63) is 73.3 Å². The first-order chi connectivity index (χ1) is 14.8. The molecule has 144 valence electrons. The normalized spacial score (nSPS) is 11.5. The van der Waals surface area contributed by atoms with E-state index >= 15 is 0 Å². The average Bonchev–Trinajstić information content (AvgIpc) is 3.51. The highest BCUT2D eigenvalue weighted by Crippen LogP contribution is 2.31. The topological polar surface area (TPSA) is 101 Å². The smallest absolute Gasteiger partial charge is 0.139 e. The molecule has 0 amide bonds. The number of aryl methyl sites for hydroxylation is 1. The van der Waals surface area contributed by atoms with Crippen molar-refractivity contribution in [2.75, 3.05) is 0 Å². The van der Waals surface area contributed by atoms with Gasteiger partial charge in [0, 0.05) is 41.1 Å². The third-order valence-corrected chi connectivity index (χ3v) is 5.18. The number of pyridine rings is 3. The van der Waals surface area contributed by atoms with Gasteiger partial charge in [-0.05, 0) is 37.3 Å². The number of aromatic amines is 2. The lowest BCUT2D eigenvalue weighted by atomic mass is 10.1. The number of aromatic nitrogens is 8. The quantitative estimate of drug-likeness (QED) is 0.473. The molecule has 0 fully saturated rings. The molecule has 0 spiro atoms. The molecule has 6 rings (SSSR count). The highest BCUT2D eigenvalue weighted by Gasteiger charge is 2.15. The molecule has 0 aliphatic heterocycles. The van der Waals surface area contributed by atoms with Crippen LogP contribution in [0.4, 0.5) is 0 Å². The second kappa shape index (κ2) is 6.35. The average molecular weight is 392 g/mol.